The van der Waals surface area contributed by atoms with Gasteiger partial charge in [0.15, 0.2) is 0 Å². The van der Waals surface area contributed by atoms with E-state index in [9.17, 15) is 9.59 Å². The number of aromatic nitrogens is 3. The number of rotatable bonds is 4. The van der Waals surface area contributed by atoms with Gasteiger partial charge in [-0.05, 0) is 26.0 Å². The van der Waals surface area contributed by atoms with E-state index in [0.717, 1.165) is 5.56 Å². The van der Waals surface area contributed by atoms with Crippen molar-refractivity contribution in [2.75, 3.05) is 20.1 Å². The van der Waals surface area contributed by atoms with Crippen LogP contribution in [0.3, 0.4) is 0 Å². The Labute approximate surface area is 145 Å². The van der Waals surface area contributed by atoms with Crippen molar-refractivity contribution >= 4 is 11.8 Å². The van der Waals surface area contributed by atoms with Gasteiger partial charge in [-0.25, -0.2) is 0 Å². The van der Waals surface area contributed by atoms with Gasteiger partial charge in [-0.1, -0.05) is 5.16 Å². The lowest BCUT2D eigenvalue weighted by Gasteiger charge is -2.44. The molecule has 3 heterocycles. The number of amides is 2. The quantitative estimate of drug-likeness (QED) is 0.827. The Bertz CT molecular complexity index is 772. The Morgan fingerprint density at radius 2 is 2.00 bits per heavy atom. The lowest BCUT2D eigenvalue weighted by atomic mass is 9.97. The summed E-state index contributed by atoms with van der Waals surface area (Å²) >= 11 is 0. The Balaban J connectivity index is 1.63. The van der Waals surface area contributed by atoms with Crippen LogP contribution in [0.1, 0.15) is 26.2 Å². The molecule has 0 N–H and O–H groups in total. The average molecular weight is 343 g/mol. The molecule has 2 amide bonds. The van der Waals surface area contributed by atoms with Crippen molar-refractivity contribution in [3.8, 4) is 11.4 Å². The number of piperazine rings is 1. The molecule has 1 aliphatic heterocycles. The predicted molar refractivity (Wildman–Crippen MR) is 89.3 cm³/mol. The zero-order valence-electron chi connectivity index (χ0n) is 14.6. The van der Waals surface area contributed by atoms with E-state index in [1.807, 2.05) is 0 Å². The zero-order chi connectivity index (χ0) is 18.0. The van der Waals surface area contributed by atoms with Crippen LogP contribution >= 0.6 is 0 Å². The maximum atomic E-state index is 12.6. The molecule has 2 aromatic rings. The van der Waals surface area contributed by atoms with Crippen LogP contribution in [0.2, 0.25) is 0 Å². The topological polar surface area (TPSA) is 92.4 Å². The second kappa shape index (κ2) is 6.62. The van der Waals surface area contributed by atoms with Crippen molar-refractivity contribution in [1.29, 1.82) is 0 Å². The highest BCUT2D eigenvalue weighted by atomic mass is 16.5. The van der Waals surface area contributed by atoms with E-state index in [1.54, 1.807) is 55.2 Å². The van der Waals surface area contributed by atoms with Gasteiger partial charge in [0.25, 0.3) is 0 Å². The standard InChI is InChI=1S/C17H21N5O3/c1-17(2)16(24)21(3)10-11-22(17)14(23)5-4-13-19-15(20-25-13)12-6-8-18-9-7-12/h6-9H,4-5,10-11H2,1-3H3. The van der Waals surface area contributed by atoms with Crippen molar-refractivity contribution < 1.29 is 14.1 Å². The van der Waals surface area contributed by atoms with Crippen molar-refractivity contribution in [3.63, 3.8) is 0 Å². The van der Waals surface area contributed by atoms with Gasteiger partial charge in [0.2, 0.25) is 23.5 Å². The highest BCUT2D eigenvalue weighted by Crippen LogP contribution is 2.23. The molecule has 1 aliphatic rings. The molecule has 8 nitrogen and oxygen atoms in total. The molecule has 132 valence electrons. The van der Waals surface area contributed by atoms with Gasteiger partial charge in [0.05, 0.1) is 0 Å². The molecule has 0 aliphatic carbocycles. The van der Waals surface area contributed by atoms with Crippen molar-refractivity contribution in [1.82, 2.24) is 24.9 Å². The normalized spacial score (nSPS) is 17.0. The summed E-state index contributed by atoms with van der Waals surface area (Å²) in [4.78, 5) is 36.4. The molecule has 0 spiro atoms. The predicted octanol–water partition coefficient (Wildman–Crippen LogP) is 1.14. The van der Waals surface area contributed by atoms with Crippen LogP contribution in [0, 0.1) is 0 Å². The average Bonchev–Trinajstić information content (AvgIpc) is 3.07. The van der Waals surface area contributed by atoms with Crippen LogP contribution in [0.25, 0.3) is 11.4 Å². The number of nitrogens with zero attached hydrogens (tertiary/aromatic N) is 5. The number of hydrogen-bond acceptors (Lipinski definition) is 6. The van der Waals surface area contributed by atoms with Crippen LogP contribution < -0.4 is 0 Å². The van der Waals surface area contributed by atoms with E-state index in [4.69, 9.17) is 4.52 Å². The third-order valence-electron chi connectivity index (χ3n) is 4.46. The van der Waals surface area contributed by atoms with Gasteiger partial charge in [-0.3, -0.25) is 14.6 Å². The summed E-state index contributed by atoms with van der Waals surface area (Å²) in [6.07, 6.45) is 3.87. The zero-order valence-corrected chi connectivity index (χ0v) is 14.6. The fraction of sp³-hybridized carbons (Fsp3) is 0.471. The maximum absolute atomic E-state index is 12.6. The molecular weight excluding hydrogens is 322 g/mol. The molecule has 2 aromatic heterocycles. The first-order valence-corrected chi connectivity index (χ1v) is 8.18. The van der Waals surface area contributed by atoms with E-state index < -0.39 is 5.54 Å². The second-order valence-electron chi connectivity index (χ2n) is 6.58. The highest BCUT2D eigenvalue weighted by molar-refractivity contribution is 5.91. The molecule has 0 saturated carbocycles. The Kier molecular flexibility index (Phi) is 4.52. The van der Waals surface area contributed by atoms with Gasteiger partial charge >= 0.3 is 0 Å². The molecule has 1 saturated heterocycles. The van der Waals surface area contributed by atoms with E-state index in [-0.39, 0.29) is 18.2 Å². The minimum absolute atomic E-state index is 0.0511. The molecule has 25 heavy (non-hydrogen) atoms. The smallest absolute Gasteiger partial charge is 0.247 e. The lowest BCUT2D eigenvalue weighted by molar-refractivity contribution is -0.157. The molecule has 0 bridgehead atoms. The third-order valence-corrected chi connectivity index (χ3v) is 4.46. The first-order chi connectivity index (χ1) is 11.9. The molecule has 8 heteroatoms. The minimum atomic E-state index is -0.832. The first kappa shape index (κ1) is 17.1. The minimum Gasteiger partial charge on any atom is -0.342 e. The number of pyridine rings is 1. The maximum Gasteiger partial charge on any atom is 0.247 e. The summed E-state index contributed by atoms with van der Waals surface area (Å²) < 4.78 is 5.22. The summed E-state index contributed by atoms with van der Waals surface area (Å²) in [6.45, 7) is 4.62. The van der Waals surface area contributed by atoms with Crippen LogP contribution in [0.5, 0.6) is 0 Å². The fourth-order valence-corrected chi connectivity index (χ4v) is 2.97. The van der Waals surface area contributed by atoms with E-state index in [1.165, 1.54) is 0 Å². The number of carbonyl (C=O) groups is 2. The van der Waals surface area contributed by atoms with Gasteiger partial charge in [-0.15, -0.1) is 0 Å². The fourth-order valence-electron chi connectivity index (χ4n) is 2.97. The van der Waals surface area contributed by atoms with Gasteiger partial charge in [0, 0.05) is 50.9 Å². The number of hydrogen-bond donors (Lipinski definition) is 0. The number of carbonyl (C=O) groups excluding carboxylic acids is 2. The monoisotopic (exact) mass is 343 g/mol. The summed E-state index contributed by atoms with van der Waals surface area (Å²) in [7, 11) is 1.75. The Morgan fingerprint density at radius 1 is 1.28 bits per heavy atom. The lowest BCUT2D eigenvalue weighted by Crippen LogP contribution is -2.63. The summed E-state index contributed by atoms with van der Waals surface area (Å²) in [5.41, 5.74) is -0.0247. The molecule has 1 fully saturated rings. The largest absolute Gasteiger partial charge is 0.342 e. The van der Waals surface area contributed by atoms with Crippen LogP contribution in [0.4, 0.5) is 0 Å². The van der Waals surface area contributed by atoms with E-state index in [0.29, 0.717) is 31.2 Å². The van der Waals surface area contributed by atoms with Crippen molar-refractivity contribution in [2.24, 2.45) is 0 Å². The first-order valence-electron chi connectivity index (χ1n) is 8.18. The Morgan fingerprint density at radius 3 is 2.72 bits per heavy atom. The van der Waals surface area contributed by atoms with E-state index in [2.05, 4.69) is 15.1 Å². The number of aryl methyl sites for hydroxylation is 1. The van der Waals surface area contributed by atoms with E-state index >= 15 is 0 Å². The summed E-state index contributed by atoms with van der Waals surface area (Å²) in [6, 6.07) is 3.58. The molecule has 0 unspecified atom stereocenters. The van der Waals surface area contributed by atoms with Crippen molar-refractivity contribution in [2.45, 2.75) is 32.2 Å². The second-order valence-corrected chi connectivity index (χ2v) is 6.58. The van der Waals surface area contributed by atoms with Crippen molar-refractivity contribution in [3.05, 3.63) is 30.4 Å². The van der Waals surface area contributed by atoms with Gasteiger partial charge in [0.1, 0.15) is 5.54 Å². The third kappa shape index (κ3) is 3.38. The van der Waals surface area contributed by atoms with Crippen LogP contribution in [-0.4, -0.2) is 62.4 Å². The van der Waals surface area contributed by atoms with Crippen LogP contribution in [-0.2, 0) is 16.0 Å². The molecular formula is C17H21N5O3. The van der Waals surface area contributed by atoms with Gasteiger partial charge in [-0.2, -0.15) is 4.98 Å². The summed E-state index contributed by atoms with van der Waals surface area (Å²) in [5, 5.41) is 3.93. The van der Waals surface area contributed by atoms with Crippen LogP contribution in [0.15, 0.2) is 29.0 Å². The van der Waals surface area contributed by atoms with Gasteiger partial charge < -0.3 is 14.3 Å². The number of likely N-dealkylation sites (N-methyl/N-ethyl adjacent to an activating group) is 1. The highest BCUT2D eigenvalue weighted by Gasteiger charge is 2.42. The Hall–Kier alpha value is -2.77. The molecule has 0 radical (unpaired) electrons. The molecule has 0 atom stereocenters. The SMILES string of the molecule is CN1CCN(C(=O)CCc2nc(-c3ccncc3)no2)C(C)(C)C1=O. The molecule has 3 rings (SSSR count). The summed E-state index contributed by atoms with van der Waals surface area (Å²) in [5.74, 6) is 0.735. The molecule has 0 aromatic carbocycles.